The van der Waals surface area contributed by atoms with Crippen LogP contribution >= 0.6 is 34.7 Å². The molecule has 2 atom stereocenters. The van der Waals surface area contributed by atoms with Crippen molar-refractivity contribution in [3.63, 3.8) is 0 Å². The van der Waals surface area contributed by atoms with Crippen molar-refractivity contribution in [1.82, 2.24) is 0 Å². The first-order valence-electron chi connectivity index (χ1n) is 6.29. The molecule has 1 saturated carbocycles. The van der Waals surface area contributed by atoms with E-state index in [1.165, 1.54) is 36.3 Å². The van der Waals surface area contributed by atoms with E-state index in [1.54, 1.807) is 11.3 Å². The van der Waals surface area contributed by atoms with Crippen LogP contribution in [0, 0.1) is 5.92 Å². The first kappa shape index (κ1) is 13.7. The van der Waals surface area contributed by atoms with Gasteiger partial charge in [0.2, 0.25) is 0 Å². The van der Waals surface area contributed by atoms with Gasteiger partial charge in [-0.25, -0.2) is 0 Å². The van der Waals surface area contributed by atoms with Crippen molar-refractivity contribution < 1.29 is 0 Å². The summed E-state index contributed by atoms with van der Waals surface area (Å²) < 4.78 is 0.868. The molecular formula is C13H20ClNS2. The molecule has 0 spiro atoms. The van der Waals surface area contributed by atoms with Crippen LogP contribution in [0.4, 0.5) is 0 Å². The Hall–Kier alpha value is 0.300. The lowest BCUT2D eigenvalue weighted by Gasteiger charge is -2.20. The van der Waals surface area contributed by atoms with Crippen molar-refractivity contribution in [3.05, 3.63) is 21.3 Å². The molecule has 0 radical (unpaired) electrons. The first-order chi connectivity index (χ1) is 8.16. The molecule has 2 unspecified atom stereocenters. The second kappa shape index (κ2) is 6.46. The van der Waals surface area contributed by atoms with Crippen molar-refractivity contribution in [2.75, 3.05) is 5.75 Å². The maximum atomic E-state index is 6.11. The third-order valence-corrected chi connectivity index (χ3v) is 6.51. The fourth-order valence-corrected chi connectivity index (χ4v) is 5.26. The summed E-state index contributed by atoms with van der Waals surface area (Å²) >= 11 is 9.70. The SMILES string of the molecule is CC(N)C(SCC1CCCC1)c1ccc(Cl)s1. The summed E-state index contributed by atoms with van der Waals surface area (Å²) in [6.07, 6.45) is 5.64. The Morgan fingerprint density at radius 3 is 2.71 bits per heavy atom. The quantitative estimate of drug-likeness (QED) is 0.849. The Kier molecular flexibility index (Phi) is 5.22. The lowest BCUT2D eigenvalue weighted by atomic mass is 10.1. The summed E-state index contributed by atoms with van der Waals surface area (Å²) in [7, 11) is 0. The molecule has 1 fully saturated rings. The third-order valence-electron chi connectivity index (χ3n) is 3.34. The highest BCUT2D eigenvalue weighted by Crippen LogP contribution is 2.40. The number of rotatable bonds is 5. The van der Waals surface area contributed by atoms with Gasteiger partial charge in [0, 0.05) is 10.9 Å². The van der Waals surface area contributed by atoms with E-state index in [0.717, 1.165) is 10.3 Å². The van der Waals surface area contributed by atoms with E-state index in [2.05, 4.69) is 13.0 Å². The van der Waals surface area contributed by atoms with Crippen LogP contribution in [-0.2, 0) is 0 Å². The minimum atomic E-state index is 0.191. The van der Waals surface area contributed by atoms with Crippen molar-refractivity contribution >= 4 is 34.7 Å². The minimum Gasteiger partial charge on any atom is -0.327 e. The Bertz CT molecular complexity index is 345. The predicted octanol–water partition coefficient (Wildman–Crippen LogP) is 4.71. The lowest BCUT2D eigenvalue weighted by molar-refractivity contribution is 0.619. The van der Waals surface area contributed by atoms with E-state index >= 15 is 0 Å². The van der Waals surface area contributed by atoms with Gasteiger partial charge < -0.3 is 5.73 Å². The van der Waals surface area contributed by atoms with Crippen molar-refractivity contribution in [2.24, 2.45) is 11.7 Å². The molecule has 0 aliphatic heterocycles. The lowest BCUT2D eigenvalue weighted by Crippen LogP contribution is -2.22. The van der Waals surface area contributed by atoms with Gasteiger partial charge in [0.05, 0.1) is 9.59 Å². The molecule has 0 bridgehead atoms. The molecule has 1 aliphatic rings. The second-order valence-corrected chi connectivity index (χ2v) is 7.83. The van der Waals surface area contributed by atoms with Gasteiger partial charge in [0.1, 0.15) is 0 Å². The maximum absolute atomic E-state index is 6.11. The molecule has 0 aromatic carbocycles. The van der Waals surface area contributed by atoms with Crippen LogP contribution in [0.5, 0.6) is 0 Å². The zero-order valence-electron chi connectivity index (χ0n) is 10.2. The standard InChI is InChI=1S/C13H20ClNS2/c1-9(15)13(11-6-7-12(14)17-11)16-8-10-4-2-3-5-10/h6-7,9-10,13H,2-5,8,15H2,1H3. The van der Waals surface area contributed by atoms with Gasteiger partial charge in [0.25, 0.3) is 0 Å². The molecular weight excluding hydrogens is 270 g/mol. The number of thiophene rings is 1. The Labute approximate surface area is 117 Å². The zero-order valence-corrected chi connectivity index (χ0v) is 12.6. The number of hydrogen-bond acceptors (Lipinski definition) is 3. The van der Waals surface area contributed by atoms with Crippen LogP contribution in [-0.4, -0.2) is 11.8 Å². The van der Waals surface area contributed by atoms with Gasteiger partial charge in [-0.2, -0.15) is 11.8 Å². The summed E-state index contributed by atoms with van der Waals surface area (Å²) in [5, 5.41) is 0.410. The fourth-order valence-electron chi connectivity index (χ4n) is 2.39. The molecule has 4 heteroatoms. The van der Waals surface area contributed by atoms with Crippen LogP contribution in [0.25, 0.3) is 0 Å². The number of hydrogen-bond donors (Lipinski definition) is 1. The van der Waals surface area contributed by atoms with E-state index in [4.69, 9.17) is 17.3 Å². The second-order valence-electron chi connectivity index (χ2n) is 4.91. The largest absolute Gasteiger partial charge is 0.327 e. The van der Waals surface area contributed by atoms with Gasteiger partial charge in [-0.3, -0.25) is 0 Å². The fraction of sp³-hybridized carbons (Fsp3) is 0.692. The summed E-state index contributed by atoms with van der Waals surface area (Å²) in [5.41, 5.74) is 6.11. The van der Waals surface area contributed by atoms with Gasteiger partial charge in [-0.15, -0.1) is 11.3 Å². The van der Waals surface area contributed by atoms with E-state index < -0.39 is 0 Å². The van der Waals surface area contributed by atoms with Crippen molar-refractivity contribution in [1.29, 1.82) is 0 Å². The molecule has 1 heterocycles. The highest BCUT2D eigenvalue weighted by Gasteiger charge is 2.22. The first-order valence-corrected chi connectivity index (χ1v) is 8.53. The summed E-state index contributed by atoms with van der Waals surface area (Å²) in [4.78, 5) is 1.33. The van der Waals surface area contributed by atoms with Gasteiger partial charge >= 0.3 is 0 Å². The van der Waals surface area contributed by atoms with Crippen LogP contribution in [0.15, 0.2) is 12.1 Å². The molecule has 1 nitrogen and oxygen atoms in total. The maximum Gasteiger partial charge on any atom is 0.0931 e. The molecule has 17 heavy (non-hydrogen) atoms. The van der Waals surface area contributed by atoms with Crippen LogP contribution in [0.1, 0.15) is 42.7 Å². The van der Waals surface area contributed by atoms with Gasteiger partial charge in [-0.1, -0.05) is 24.4 Å². The van der Waals surface area contributed by atoms with E-state index in [1.807, 2.05) is 17.8 Å². The molecule has 0 amide bonds. The molecule has 1 aliphatic carbocycles. The van der Waals surface area contributed by atoms with E-state index in [-0.39, 0.29) is 6.04 Å². The zero-order chi connectivity index (χ0) is 12.3. The van der Waals surface area contributed by atoms with E-state index in [9.17, 15) is 0 Å². The smallest absolute Gasteiger partial charge is 0.0931 e. The molecule has 2 rings (SSSR count). The third kappa shape index (κ3) is 3.88. The van der Waals surface area contributed by atoms with Crippen LogP contribution in [0.3, 0.4) is 0 Å². The number of thioether (sulfide) groups is 1. The van der Waals surface area contributed by atoms with Crippen LogP contribution in [0.2, 0.25) is 4.34 Å². The number of nitrogens with two attached hydrogens (primary N) is 1. The molecule has 96 valence electrons. The predicted molar refractivity (Wildman–Crippen MR) is 80.1 cm³/mol. The Morgan fingerprint density at radius 1 is 1.47 bits per heavy atom. The Morgan fingerprint density at radius 2 is 2.18 bits per heavy atom. The highest BCUT2D eigenvalue weighted by molar-refractivity contribution is 7.99. The van der Waals surface area contributed by atoms with Crippen LogP contribution < -0.4 is 5.73 Å². The summed E-state index contributed by atoms with van der Waals surface area (Å²) in [6.45, 7) is 2.10. The molecule has 0 saturated heterocycles. The minimum absolute atomic E-state index is 0.191. The topological polar surface area (TPSA) is 26.0 Å². The number of halogens is 1. The normalized spacial score (nSPS) is 20.6. The van der Waals surface area contributed by atoms with Gasteiger partial charge in [-0.05, 0) is 43.6 Å². The molecule has 1 aromatic heterocycles. The average Bonchev–Trinajstić information content (AvgIpc) is 2.90. The van der Waals surface area contributed by atoms with Gasteiger partial charge in [0.15, 0.2) is 0 Å². The Balaban J connectivity index is 1.92. The molecule has 2 N–H and O–H groups in total. The van der Waals surface area contributed by atoms with Crippen molar-refractivity contribution in [2.45, 2.75) is 43.9 Å². The highest BCUT2D eigenvalue weighted by atomic mass is 35.5. The van der Waals surface area contributed by atoms with Crippen molar-refractivity contribution in [3.8, 4) is 0 Å². The average molecular weight is 290 g/mol. The monoisotopic (exact) mass is 289 g/mol. The summed E-state index contributed by atoms with van der Waals surface area (Å²) in [6, 6.07) is 4.30. The molecule has 1 aromatic rings. The summed E-state index contributed by atoms with van der Waals surface area (Å²) in [5.74, 6) is 2.17. The van der Waals surface area contributed by atoms with E-state index in [0.29, 0.717) is 5.25 Å².